The molecule has 1 saturated heterocycles. The fourth-order valence-electron chi connectivity index (χ4n) is 3.80. The van der Waals surface area contributed by atoms with E-state index in [0.717, 1.165) is 62.0 Å². The number of amides is 1. The molecule has 2 aromatic carbocycles. The molecule has 156 valence electrons. The fourth-order valence-corrected chi connectivity index (χ4v) is 3.80. The van der Waals surface area contributed by atoms with Crippen molar-refractivity contribution in [3.63, 3.8) is 0 Å². The summed E-state index contributed by atoms with van der Waals surface area (Å²) in [4.78, 5) is 21.7. The predicted molar refractivity (Wildman–Crippen MR) is 118 cm³/mol. The lowest BCUT2D eigenvalue weighted by atomic mass is 10.1. The minimum Gasteiger partial charge on any atom is -0.494 e. The van der Waals surface area contributed by atoms with Crippen LogP contribution in [0.4, 0.5) is 0 Å². The molecule has 0 atom stereocenters. The van der Waals surface area contributed by atoms with Crippen LogP contribution in [-0.2, 0) is 6.54 Å². The van der Waals surface area contributed by atoms with Gasteiger partial charge in [-0.05, 0) is 31.2 Å². The van der Waals surface area contributed by atoms with Gasteiger partial charge in [-0.25, -0.2) is 4.98 Å². The monoisotopic (exact) mass is 404 g/mol. The van der Waals surface area contributed by atoms with Gasteiger partial charge in [-0.15, -0.1) is 0 Å². The first-order valence-corrected chi connectivity index (χ1v) is 10.6. The van der Waals surface area contributed by atoms with E-state index in [2.05, 4.69) is 26.6 Å². The SMILES string of the molecule is CCOc1ccc(C(=O)N2CCN(CCn3ccnc3-c3ccccc3)CC2)cc1. The van der Waals surface area contributed by atoms with Crippen LogP contribution in [0.3, 0.4) is 0 Å². The molecular formula is C24H28N4O2. The first-order valence-electron chi connectivity index (χ1n) is 10.6. The first-order chi connectivity index (χ1) is 14.7. The van der Waals surface area contributed by atoms with Crippen molar-refractivity contribution in [1.82, 2.24) is 19.4 Å². The lowest BCUT2D eigenvalue weighted by molar-refractivity contribution is 0.0633. The van der Waals surface area contributed by atoms with Gasteiger partial charge in [0.25, 0.3) is 5.91 Å². The minimum atomic E-state index is 0.0960. The number of imidazole rings is 1. The Morgan fingerprint density at radius 2 is 1.70 bits per heavy atom. The fraction of sp³-hybridized carbons (Fsp3) is 0.333. The highest BCUT2D eigenvalue weighted by molar-refractivity contribution is 5.94. The number of rotatable bonds is 7. The zero-order valence-electron chi connectivity index (χ0n) is 17.4. The molecule has 1 amide bonds. The van der Waals surface area contributed by atoms with Gasteiger partial charge in [0.05, 0.1) is 6.61 Å². The summed E-state index contributed by atoms with van der Waals surface area (Å²) in [5, 5.41) is 0. The molecule has 0 N–H and O–H groups in total. The van der Waals surface area contributed by atoms with Gasteiger partial charge in [-0.3, -0.25) is 9.69 Å². The van der Waals surface area contributed by atoms with Crippen LogP contribution in [0.15, 0.2) is 67.0 Å². The molecule has 4 rings (SSSR count). The summed E-state index contributed by atoms with van der Waals surface area (Å²) in [6.45, 7) is 7.69. The molecule has 0 spiro atoms. The Hall–Kier alpha value is -3.12. The Kier molecular flexibility index (Phi) is 6.44. The van der Waals surface area contributed by atoms with Crippen LogP contribution in [0.25, 0.3) is 11.4 Å². The van der Waals surface area contributed by atoms with E-state index in [4.69, 9.17) is 4.74 Å². The van der Waals surface area contributed by atoms with Crippen molar-refractivity contribution in [2.45, 2.75) is 13.5 Å². The number of aromatic nitrogens is 2. The standard InChI is InChI=1S/C24H28N4O2/c1-2-30-22-10-8-21(9-11-22)24(29)28-18-15-26(16-19-28)14-17-27-13-12-25-23(27)20-6-4-3-5-7-20/h3-13H,2,14-19H2,1H3. The van der Waals surface area contributed by atoms with Crippen molar-refractivity contribution in [3.8, 4) is 17.1 Å². The quantitative estimate of drug-likeness (QED) is 0.606. The molecule has 1 aliphatic rings. The molecule has 1 fully saturated rings. The molecule has 6 heteroatoms. The summed E-state index contributed by atoms with van der Waals surface area (Å²) < 4.78 is 7.66. The lowest BCUT2D eigenvalue weighted by Gasteiger charge is -2.35. The van der Waals surface area contributed by atoms with E-state index in [1.54, 1.807) is 0 Å². The van der Waals surface area contributed by atoms with Crippen LogP contribution in [0, 0.1) is 0 Å². The second kappa shape index (κ2) is 9.59. The van der Waals surface area contributed by atoms with Gasteiger partial charge in [0, 0.05) is 62.8 Å². The third-order valence-electron chi connectivity index (χ3n) is 5.48. The van der Waals surface area contributed by atoms with E-state index in [-0.39, 0.29) is 5.91 Å². The summed E-state index contributed by atoms with van der Waals surface area (Å²) in [7, 11) is 0. The average molecular weight is 405 g/mol. The number of carbonyl (C=O) groups excluding carboxylic acids is 1. The summed E-state index contributed by atoms with van der Waals surface area (Å²) in [5.74, 6) is 1.90. The van der Waals surface area contributed by atoms with Crippen molar-refractivity contribution in [1.29, 1.82) is 0 Å². The van der Waals surface area contributed by atoms with Crippen LogP contribution >= 0.6 is 0 Å². The van der Waals surface area contributed by atoms with Crippen molar-refractivity contribution < 1.29 is 9.53 Å². The molecule has 0 bridgehead atoms. The Balaban J connectivity index is 1.28. The van der Waals surface area contributed by atoms with E-state index < -0.39 is 0 Å². The normalized spacial score (nSPS) is 14.6. The summed E-state index contributed by atoms with van der Waals surface area (Å²) in [6.07, 6.45) is 3.89. The average Bonchev–Trinajstić information content (AvgIpc) is 3.28. The van der Waals surface area contributed by atoms with E-state index in [1.165, 1.54) is 0 Å². The van der Waals surface area contributed by atoms with Gasteiger partial charge in [-0.1, -0.05) is 30.3 Å². The van der Waals surface area contributed by atoms with Crippen LogP contribution in [-0.4, -0.2) is 64.6 Å². The molecule has 1 aliphatic heterocycles. The molecule has 2 heterocycles. The van der Waals surface area contributed by atoms with Crippen LogP contribution in [0.1, 0.15) is 17.3 Å². The highest BCUT2D eigenvalue weighted by Gasteiger charge is 2.22. The summed E-state index contributed by atoms with van der Waals surface area (Å²) >= 11 is 0. The number of ether oxygens (including phenoxy) is 1. The third-order valence-corrected chi connectivity index (χ3v) is 5.48. The van der Waals surface area contributed by atoms with Gasteiger partial charge in [-0.2, -0.15) is 0 Å². The Morgan fingerprint density at radius 3 is 2.40 bits per heavy atom. The highest BCUT2D eigenvalue weighted by atomic mass is 16.5. The number of nitrogens with zero attached hydrogens (tertiary/aromatic N) is 4. The molecule has 0 aliphatic carbocycles. The number of piperazine rings is 1. The van der Waals surface area contributed by atoms with Gasteiger partial charge < -0.3 is 14.2 Å². The van der Waals surface area contributed by atoms with Crippen LogP contribution < -0.4 is 4.74 Å². The predicted octanol–water partition coefficient (Wildman–Crippen LogP) is 3.41. The first kappa shape index (κ1) is 20.2. The topological polar surface area (TPSA) is 50.6 Å². The van der Waals surface area contributed by atoms with E-state index in [1.807, 2.05) is 66.7 Å². The number of benzene rings is 2. The summed E-state index contributed by atoms with van der Waals surface area (Å²) in [6, 6.07) is 17.7. The Labute approximate surface area is 177 Å². The van der Waals surface area contributed by atoms with Crippen molar-refractivity contribution >= 4 is 5.91 Å². The van der Waals surface area contributed by atoms with E-state index in [9.17, 15) is 4.79 Å². The Morgan fingerprint density at radius 1 is 0.967 bits per heavy atom. The van der Waals surface area contributed by atoms with Crippen molar-refractivity contribution in [3.05, 3.63) is 72.6 Å². The maximum atomic E-state index is 12.8. The number of hydrogen-bond acceptors (Lipinski definition) is 4. The second-order valence-electron chi connectivity index (χ2n) is 7.40. The van der Waals surface area contributed by atoms with Crippen molar-refractivity contribution in [2.75, 3.05) is 39.3 Å². The van der Waals surface area contributed by atoms with Gasteiger partial charge >= 0.3 is 0 Å². The zero-order valence-corrected chi connectivity index (χ0v) is 17.4. The van der Waals surface area contributed by atoms with Crippen LogP contribution in [0.2, 0.25) is 0 Å². The van der Waals surface area contributed by atoms with E-state index >= 15 is 0 Å². The van der Waals surface area contributed by atoms with Crippen molar-refractivity contribution in [2.24, 2.45) is 0 Å². The molecule has 0 radical (unpaired) electrons. The highest BCUT2D eigenvalue weighted by Crippen LogP contribution is 2.17. The summed E-state index contributed by atoms with van der Waals surface area (Å²) in [5.41, 5.74) is 1.85. The maximum Gasteiger partial charge on any atom is 0.253 e. The van der Waals surface area contributed by atoms with Gasteiger partial charge in [0.15, 0.2) is 0 Å². The zero-order chi connectivity index (χ0) is 20.8. The molecule has 0 saturated carbocycles. The van der Waals surface area contributed by atoms with Crippen LogP contribution in [0.5, 0.6) is 5.75 Å². The lowest BCUT2D eigenvalue weighted by Crippen LogP contribution is -2.49. The minimum absolute atomic E-state index is 0.0960. The Bertz CT molecular complexity index is 945. The number of hydrogen-bond donors (Lipinski definition) is 0. The molecule has 0 unspecified atom stereocenters. The van der Waals surface area contributed by atoms with E-state index in [0.29, 0.717) is 6.61 Å². The molecule has 6 nitrogen and oxygen atoms in total. The van der Waals surface area contributed by atoms with Gasteiger partial charge in [0.2, 0.25) is 0 Å². The third kappa shape index (κ3) is 4.71. The molecule has 30 heavy (non-hydrogen) atoms. The maximum absolute atomic E-state index is 12.8. The smallest absolute Gasteiger partial charge is 0.253 e. The molecule has 3 aromatic rings. The molecule has 1 aromatic heterocycles. The number of carbonyl (C=O) groups is 1. The van der Waals surface area contributed by atoms with Gasteiger partial charge in [0.1, 0.15) is 11.6 Å². The largest absolute Gasteiger partial charge is 0.494 e. The molecular weight excluding hydrogens is 376 g/mol. The second-order valence-corrected chi connectivity index (χ2v) is 7.40.